The van der Waals surface area contributed by atoms with E-state index >= 15 is 0 Å². The summed E-state index contributed by atoms with van der Waals surface area (Å²) in [6.45, 7) is 13.2. The fraction of sp³-hybridized carbons (Fsp3) is 0.182. The average Bonchev–Trinajstić information content (AvgIpc) is 3.52. The van der Waals surface area contributed by atoms with E-state index in [9.17, 15) is 4.39 Å². The molecule has 0 aliphatic rings. The Bertz CT molecular complexity index is 1560. The number of nitrogens with one attached hydrogen (secondary N) is 2. The van der Waals surface area contributed by atoms with Crippen LogP contribution in [0.5, 0.6) is 0 Å². The van der Waals surface area contributed by atoms with Crippen molar-refractivity contribution in [3.8, 4) is 11.4 Å². The molecule has 6 heteroatoms. The van der Waals surface area contributed by atoms with Crippen LogP contribution >= 0.6 is 0 Å². The number of benzene rings is 2. The number of nitrogens with zero attached hydrogens (tertiary/aromatic N) is 2. The van der Waals surface area contributed by atoms with Crippen LogP contribution in [0, 0.1) is 12.7 Å². The first-order valence-electron chi connectivity index (χ1n) is 12.9. The van der Waals surface area contributed by atoms with E-state index in [1.807, 2.05) is 46.2 Å². The van der Waals surface area contributed by atoms with Crippen LogP contribution in [-0.4, -0.2) is 47.3 Å². The molecule has 200 valence electrons. The van der Waals surface area contributed by atoms with Crippen LogP contribution in [0.15, 0.2) is 97.8 Å². The van der Waals surface area contributed by atoms with Gasteiger partial charge in [0.15, 0.2) is 0 Å². The molecular formula is C33H35FN4O. The van der Waals surface area contributed by atoms with Crippen LogP contribution in [0.25, 0.3) is 33.4 Å². The third kappa shape index (κ3) is 6.36. The second-order valence-electron chi connectivity index (χ2n) is 9.52. The molecule has 39 heavy (non-hydrogen) atoms. The molecule has 4 aromatic rings. The molecule has 2 aromatic carbocycles. The van der Waals surface area contributed by atoms with Crippen molar-refractivity contribution in [3.63, 3.8) is 0 Å². The molecule has 0 aliphatic heterocycles. The predicted octanol–water partition coefficient (Wildman–Crippen LogP) is 7.67. The van der Waals surface area contributed by atoms with Crippen molar-refractivity contribution in [1.29, 1.82) is 0 Å². The van der Waals surface area contributed by atoms with Crippen LogP contribution in [0.4, 0.5) is 4.39 Å². The zero-order valence-electron chi connectivity index (χ0n) is 23.0. The van der Waals surface area contributed by atoms with Crippen molar-refractivity contribution in [3.05, 3.63) is 126 Å². The van der Waals surface area contributed by atoms with Gasteiger partial charge in [-0.05, 0) is 92.7 Å². The molecule has 0 amide bonds. The van der Waals surface area contributed by atoms with Gasteiger partial charge in [0.25, 0.3) is 0 Å². The van der Waals surface area contributed by atoms with Crippen LogP contribution in [-0.2, 0) is 4.74 Å². The van der Waals surface area contributed by atoms with Gasteiger partial charge >= 0.3 is 0 Å². The fourth-order valence-corrected chi connectivity index (χ4v) is 4.45. The molecule has 0 saturated carbocycles. The third-order valence-electron chi connectivity index (χ3n) is 6.51. The van der Waals surface area contributed by atoms with E-state index in [1.165, 1.54) is 12.1 Å². The molecule has 0 spiro atoms. The van der Waals surface area contributed by atoms with Crippen molar-refractivity contribution < 1.29 is 9.13 Å². The zero-order valence-corrected chi connectivity index (χ0v) is 23.0. The van der Waals surface area contributed by atoms with Crippen molar-refractivity contribution in [2.24, 2.45) is 0 Å². The number of fused-ring (bicyclic) bond motifs is 1. The smallest absolute Gasteiger partial charge is 0.123 e. The number of H-pyrrole nitrogens is 2. The van der Waals surface area contributed by atoms with Crippen molar-refractivity contribution in [2.45, 2.75) is 13.8 Å². The Kier molecular flexibility index (Phi) is 8.79. The van der Waals surface area contributed by atoms with Crippen molar-refractivity contribution in [1.82, 2.24) is 20.1 Å². The summed E-state index contributed by atoms with van der Waals surface area (Å²) in [5.74, 6) is 0.460. The second kappa shape index (κ2) is 12.4. The number of aromatic amines is 2. The molecule has 0 bridgehead atoms. The van der Waals surface area contributed by atoms with Gasteiger partial charge in [0.05, 0.1) is 11.2 Å². The second-order valence-corrected chi connectivity index (χ2v) is 9.52. The fourth-order valence-electron chi connectivity index (χ4n) is 4.45. The Hall–Kier alpha value is -4.42. The number of hydrogen-bond acceptors (Lipinski definition) is 3. The van der Waals surface area contributed by atoms with Gasteiger partial charge < -0.3 is 14.6 Å². The van der Waals surface area contributed by atoms with E-state index < -0.39 is 0 Å². The minimum Gasteiger partial charge on any atom is -0.492 e. The van der Waals surface area contributed by atoms with Crippen LogP contribution in [0.2, 0.25) is 0 Å². The van der Waals surface area contributed by atoms with Crippen LogP contribution in [0.1, 0.15) is 29.3 Å². The predicted molar refractivity (Wildman–Crippen MR) is 161 cm³/mol. The normalized spacial score (nSPS) is 12.8. The first-order chi connectivity index (χ1) is 18.8. The highest BCUT2D eigenvalue weighted by Crippen LogP contribution is 2.34. The number of ether oxygens (including phenoxy) is 1. The molecule has 2 N–H and O–H groups in total. The summed E-state index contributed by atoms with van der Waals surface area (Å²) in [6.07, 6.45) is 9.49. The monoisotopic (exact) mass is 522 g/mol. The minimum atomic E-state index is -0.266. The summed E-state index contributed by atoms with van der Waals surface area (Å²) in [4.78, 5) is 5.58. The van der Waals surface area contributed by atoms with Gasteiger partial charge in [-0.2, -0.15) is 5.10 Å². The summed E-state index contributed by atoms with van der Waals surface area (Å²) in [6, 6.07) is 14.8. The molecule has 0 atom stereocenters. The third-order valence-corrected chi connectivity index (χ3v) is 6.51. The SMILES string of the molecule is C=C/C=C(/c1ccc(F)cc1)c1cc(-c2n[nH]c3ccc(C(/C=C(\C=C)OCCN(C)C)=C/C)cc23)[nH]c1C. The molecule has 2 heterocycles. The lowest BCUT2D eigenvalue weighted by atomic mass is 9.97. The van der Waals surface area contributed by atoms with Crippen molar-refractivity contribution >= 4 is 22.0 Å². The van der Waals surface area contributed by atoms with Gasteiger partial charge in [0, 0.05) is 23.2 Å². The summed E-state index contributed by atoms with van der Waals surface area (Å²) in [7, 11) is 4.04. The number of allylic oxidation sites excluding steroid dienone is 6. The van der Waals surface area contributed by atoms with Gasteiger partial charge in [0.1, 0.15) is 23.9 Å². The van der Waals surface area contributed by atoms with E-state index in [-0.39, 0.29) is 5.82 Å². The van der Waals surface area contributed by atoms with Gasteiger partial charge in [-0.15, -0.1) is 0 Å². The first-order valence-corrected chi connectivity index (χ1v) is 12.9. The maximum absolute atomic E-state index is 13.6. The van der Waals surface area contributed by atoms with Crippen molar-refractivity contribution in [2.75, 3.05) is 27.2 Å². The summed E-state index contributed by atoms with van der Waals surface area (Å²) in [5, 5.41) is 8.80. The Morgan fingerprint density at radius 3 is 2.49 bits per heavy atom. The number of likely N-dealkylation sites (N-methyl/N-ethyl adjacent to an activating group) is 1. The highest BCUT2D eigenvalue weighted by atomic mass is 19.1. The maximum atomic E-state index is 13.6. The van der Waals surface area contributed by atoms with Gasteiger partial charge in [-0.1, -0.05) is 49.6 Å². The largest absolute Gasteiger partial charge is 0.492 e. The van der Waals surface area contributed by atoms with Gasteiger partial charge in [-0.3, -0.25) is 5.10 Å². The molecule has 5 nitrogen and oxygen atoms in total. The van der Waals surface area contributed by atoms with Crippen LogP contribution in [0.3, 0.4) is 0 Å². The number of hydrogen-bond donors (Lipinski definition) is 2. The lowest BCUT2D eigenvalue weighted by molar-refractivity contribution is 0.193. The standard InChI is InChI=1S/C33H35FN4O/c1-7-10-28(24-11-14-26(34)15-12-24)29-21-32(35-22(29)4)33-30-20-25(13-16-31(30)36-37-33)23(8-2)19-27(9-3)39-18-17-38(5)6/h7-16,19-21,35H,1,3,17-18H2,2,4-6H3,(H,36,37)/b23-8+,27-19+,28-10-. The molecule has 0 unspecified atom stereocenters. The minimum absolute atomic E-state index is 0.266. The molecular weight excluding hydrogens is 487 g/mol. The molecule has 4 rings (SSSR count). The van der Waals surface area contributed by atoms with E-state index in [1.54, 1.807) is 24.3 Å². The first kappa shape index (κ1) is 27.6. The Morgan fingerprint density at radius 2 is 1.82 bits per heavy atom. The maximum Gasteiger partial charge on any atom is 0.123 e. The lowest BCUT2D eigenvalue weighted by Crippen LogP contribution is -2.17. The average molecular weight is 523 g/mol. The number of aromatic nitrogens is 3. The molecule has 0 aliphatic carbocycles. The van der Waals surface area contributed by atoms with Gasteiger partial charge in [-0.25, -0.2) is 4.39 Å². The van der Waals surface area contributed by atoms with E-state index in [4.69, 9.17) is 4.74 Å². The quantitative estimate of drug-likeness (QED) is 0.157. The Labute approximate surface area is 229 Å². The Morgan fingerprint density at radius 1 is 1.08 bits per heavy atom. The molecule has 0 saturated heterocycles. The molecule has 0 radical (unpaired) electrons. The topological polar surface area (TPSA) is 56.9 Å². The number of halogens is 1. The van der Waals surface area contributed by atoms with E-state index in [0.717, 1.165) is 68.1 Å². The number of aryl methyl sites for hydroxylation is 1. The highest BCUT2D eigenvalue weighted by molar-refractivity contribution is 5.96. The van der Waals surface area contributed by atoms with Gasteiger partial charge in [0.2, 0.25) is 0 Å². The summed E-state index contributed by atoms with van der Waals surface area (Å²) < 4.78 is 19.5. The summed E-state index contributed by atoms with van der Waals surface area (Å²) >= 11 is 0. The molecule has 2 aromatic heterocycles. The van der Waals surface area contributed by atoms with E-state index in [2.05, 4.69) is 57.5 Å². The van der Waals surface area contributed by atoms with E-state index in [0.29, 0.717) is 6.61 Å². The zero-order chi connectivity index (χ0) is 27.9. The Balaban J connectivity index is 1.71. The molecule has 0 fully saturated rings. The number of rotatable bonds is 11. The highest BCUT2D eigenvalue weighted by Gasteiger charge is 2.16. The van der Waals surface area contributed by atoms with Crippen LogP contribution < -0.4 is 0 Å². The lowest BCUT2D eigenvalue weighted by Gasteiger charge is -2.12. The summed E-state index contributed by atoms with van der Waals surface area (Å²) in [5.41, 5.74) is 8.58.